The molecule has 0 amide bonds. The third-order valence-corrected chi connectivity index (χ3v) is 4.10. The standard InChI is InChI=1S/C16H23N3OS/c1-3-6-13(14-7-5-11-21-14)18-15-9-8-12(17)16(19-15)20-10-4-2/h5,7-9,11,13H,3-4,6,10,17H2,1-2H3,(H,18,19). The number of pyridine rings is 1. The predicted octanol–water partition coefficient (Wildman–Crippen LogP) is 4.47. The Balaban J connectivity index is 2.13. The maximum absolute atomic E-state index is 5.90. The number of thiophene rings is 1. The van der Waals surface area contributed by atoms with Gasteiger partial charge < -0.3 is 15.8 Å². The first-order chi connectivity index (χ1) is 10.2. The monoisotopic (exact) mass is 305 g/mol. The minimum atomic E-state index is 0.283. The molecule has 0 fully saturated rings. The highest BCUT2D eigenvalue weighted by Crippen LogP contribution is 2.28. The molecule has 114 valence electrons. The van der Waals surface area contributed by atoms with Crippen LogP contribution in [0.15, 0.2) is 29.6 Å². The van der Waals surface area contributed by atoms with Crippen LogP contribution in [0.5, 0.6) is 5.88 Å². The second kappa shape index (κ2) is 7.88. The lowest BCUT2D eigenvalue weighted by molar-refractivity contribution is 0.307. The van der Waals surface area contributed by atoms with E-state index in [9.17, 15) is 0 Å². The second-order valence-corrected chi connectivity index (χ2v) is 5.92. The zero-order chi connectivity index (χ0) is 15.1. The van der Waals surface area contributed by atoms with Gasteiger partial charge in [-0.25, -0.2) is 0 Å². The summed E-state index contributed by atoms with van der Waals surface area (Å²) >= 11 is 1.77. The van der Waals surface area contributed by atoms with E-state index >= 15 is 0 Å². The molecule has 0 aliphatic carbocycles. The third kappa shape index (κ3) is 4.36. The van der Waals surface area contributed by atoms with Gasteiger partial charge >= 0.3 is 0 Å². The Hall–Kier alpha value is -1.75. The Morgan fingerprint density at radius 2 is 2.14 bits per heavy atom. The summed E-state index contributed by atoms with van der Waals surface area (Å²) in [5, 5.41) is 5.59. The average Bonchev–Trinajstić information content (AvgIpc) is 3.01. The minimum absolute atomic E-state index is 0.283. The van der Waals surface area contributed by atoms with Crippen molar-refractivity contribution in [2.45, 2.75) is 39.2 Å². The van der Waals surface area contributed by atoms with Gasteiger partial charge in [0.2, 0.25) is 5.88 Å². The van der Waals surface area contributed by atoms with E-state index in [0.29, 0.717) is 18.2 Å². The van der Waals surface area contributed by atoms with Crippen LogP contribution in [0.3, 0.4) is 0 Å². The molecule has 21 heavy (non-hydrogen) atoms. The number of nitrogens with one attached hydrogen (secondary N) is 1. The van der Waals surface area contributed by atoms with Crippen LogP contribution >= 0.6 is 11.3 Å². The number of nitrogens with zero attached hydrogens (tertiary/aromatic N) is 1. The van der Waals surface area contributed by atoms with Crippen LogP contribution in [0.2, 0.25) is 0 Å². The van der Waals surface area contributed by atoms with Gasteiger partial charge in [-0.15, -0.1) is 11.3 Å². The molecular weight excluding hydrogens is 282 g/mol. The maximum Gasteiger partial charge on any atom is 0.239 e. The molecule has 2 heterocycles. The number of aromatic nitrogens is 1. The first kappa shape index (κ1) is 15.6. The number of nitrogens with two attached hydrogens (primary N) is 1. The molecule has 1 atom stereocenters. The molecule has 0 aromatic carbocycles. The van der Waals surface area contributed by atoms with Gasteiger partial charge in [0.25, 0.3) is 0 Å². The smallest absolute Gasteiger partial charge is 0.239 e. The topological polar surface area (TPSA) is 60.2 Å². The van der Waals surface area contributed by atoms with Crippen LogP contribution in [0.1, 0.15) is 44.0 Å². The van der Waals surface area contributed by atoms with Gasteiger partial charge in [0.1, 0.15) is 5.82 Å². The highest BCUT2D eigenvalue weighted by Gasteiger charge is 2.13. The molecule has 0 spiro atoms. The highest BCUT2D eigenvalue weighted by molar-refractivity contribution is 7.10. The van der Waals surface area contributed by atoms with Crippen molar-refractivity contribution in [3.63, 3.8) is 0 Å². The molecule has 0 saturated carbocycles. The molecule has 0 bridgehead atoms. The third-order valence-electron chi connectivity index (χ3n) is 3.12. The molecule has 1 unspecified atom stereocenters. The van der Waals surface area contributed by atoms with E-state index in [1.54, 1.807) is 11.3 Å². The summed E-state index contributed by atoms with van der Waals surface area (Å²) in [6.07, 6.45) is 3.12. The highest BCUT2D eigenvalue weighted by atomic mass is 32.1. The zero-order valence-electron chi connectivity index (χ0n) is 12.6. The van der Waals surface area contributed by atoms with Gasteiger partial charge in [-0.1, -0.05) is 26.3 Å². The van der Waals surface area contributed by atoms with Crippen molar-refractivity contribution in [2.24, 2.45) is 0 Å². The van der Waals surface area contributed by atoms with Crippen molar-refractivity contribution in [2.75, 3.05) is 17.7 Å². The summed E-state index contributed by atoms with van der Waals surface area (Å²) in [6.45, 7) is 4.88. The zero-order valence-corrected chi connectivity index (χ0v) is 13.5. The SMILES string of the molecule is CCCOc1nc(NC(CCC)c2cccs2)ccc1N. The summed E-state index contributed by atoms with van der Waals surface area (Å²) in [5.74, 6) is 1.32. The molecule has 0 saturated heterocycles. The van der Waals surface area contributed by atoms with Crippen LogP contribution < -0.4 is 15.8 Å². The molecule has 0 radical (unpaired) electrons. The van der Waals surface area contributed by atoms with Crippen molar-refractivity contribution in [3.8, 4) is 5.88 Å². The Morgan fingerprint density at radius 1 is 1.29 bits per heavy atom. The van der Waals surface area contributed by atoms with Crippen LogP contribution in [0.4, 0.5) is 11.5 Å². The van der Waals surface area contributed by atoms with E-state index in [1.165, 1.54) is 4.88 Å². The van der Waals surface area contributed by atoms with E-state index < -0.39 is 0 Å². The largest absolute Gasteiger partial charge is 0.476 e. The van der Waals surface area contributed by atoms with Crippen LogP contribution in [-0.2, 0) is 0 Å². The number of anilines is 2. The summed E-state index contributed by atoms with van der Waals surface area (Å²) in [5.41, 5.74) is 6.48. The van der Waals surface area contributed by atoms with Gasteiger partial charge in [0.05, 0.1) is 18.3 Å². The number of ether oxygens (including phenoxy) is 1. The van der Waals surface area contributed by atoms with Crippen molar-refractivity contribution in [1.29, 1.82) is 0 Å². The number of hydrogen-bond acceptors (Lipinski definition) is 5. The van der Waals surface area contributed by atoms with E-state index in [1.807, 2.05) is 12.1 Å². The Morgan fingerprint density at radius 3 is 2.81 bits per heavy atom. The number of hydrogen-bond donors (Lipinski definition) is 2. The summed E-state index contributed by atoms with van der Waals surface area (Å²) in [6, 6.07) is 8.27. The van der Waals surface area contributed by atoms with Crippen molar-refractivity contribution in [1.82, 2.24) is 4.98 Å². The average molecular weight is 305 g/mol. The molecule has 4 nitrogen and oxygen atoms in total. The normalized spacial score (nSPS) is 12.1. The minimum Gasteiger partial charge on any atom is -0.476 e. The molecule has 0 aliphatic rings. The molecule has 0 aliphatic heterocycles. The van der Waals surface area contributed by atoms with Gasteiger partial charge in [0, 0.05) is 4.88 Å². The lowest BCUT2D eigenvalue weighted by Crippen LogP contribution is -2.11. The van der Waals surface area contributed by atoms with Crippen LogP contribution in [0, 0.1) is 0 Å². The summed E-state index contributed by atoms with van der Waals surface area (Å²) in [4.78, 5) is 5.81. The number of rotatable bonds is 8. The first-order valence-corrected chi connectivity index (χ1v) is 8.31. The fraction of sp³-hybridized carbons (Fsp3) is 0.438. The molecular formula is C16H23N3OS. The van der Waals surface area contributed by atoms with Crippen LogP contribution in [-0.4, -0.2) is 11.6 Å². The lowest BCUT2D eigenvalue weighted by Gasteiger charge is -2.18. The molecule has 3 N–H and O–H groups in total. The summed E-state index contributed by atoms with van der Waals surface area (Å²) < 4.78 is 5.59. The first-order valence-electron chi connectivity index (χ1n) is 7.43. The van der Waals surface area contributed by atoms with E-state index in [0.717, 1.165) is 25.1 Å². The predicted molar refractivity (Wildman–Crippen MR) is 90.0 cm³/mol. The van der Waals surface area contributed by atoms with Gasteiger partial charge in [-0.05, 0) is 36.4 Å². The van der Waals surface area contributed by atoms with Gasteiger partial charge in [0.15, 0.2) is 0 Å². The fourth-order valence-corrected chi connectivity index (χ4v) is 2.90. The Kier molecular flexibility index (Phi) is 5.87. The van der Waals surface area contributed by atoms with Gasteiger partial charge in [-0.3, -0.25) is 0 Å². The molecule has 2 rings (SSSR count). The van der Waals surface area contributed by atoms with Crippen LogP contribution in [0.25, 0.3) is 0 Å². The fourth-order valence-electron chi connectivity index (χ4n) is 2.09. The van der Waals surface area contributed by atoms with Crippen molar-refractivity contribution < 1.29 is 4.74 Å². The second-order valence-electron chi connectivity index (χ2n) is 4.94. The molecule has 2 aromatic rings. The Labute approximate surface area is 130 Å². The molecule has 5 heteroatoms. The van der Waals surface area contributed by atoms with E-state index in [4.69, 9.17) is 10.5 Å². The number of nitrogen functional groups attached to an aromatic ring is 1. The lowest BCUT2D eigenvalue weighted by atomic mass is 10.1. The Bertz CT molecular complexity index is 542. The van der Waals surface area contributed by atoms with E-state index in [2.05, 4.69) is 41.7 Å². The quantitative estimate of drug-likeness (QED) is 0.755. The molecule has 2 aromatic heterocycles. The summed E-state index contributed by atoms with van der Waals surface area (Å²) in [7, 11) is 0. The van der Waals surface area contributed by atoms with E-state index in [-0.39, 0.29) is 6.04 Å². The van der Waals surface area contributed by atoms with Crippen molar-refractivity contribution >= 4 is 22.8 Å². The van der Waals surface area contributed by atoms with Crippen molar-refractivity contribution in [3.05, 3.63) is 34.5 Å². The van der Waals surface area contributed by atoms with Gasteiger partial charge in [-0.2, -0.15) is 4.98 Å². The maximum atomic E-state index is 5.90.